The molecule has 0 atom stereocenters. The van der Waals surface area contributed by atoms with Crippen LogP contribution in [-0.4, -0.2) is 51.8 Å². The van der Waals surface area contributed by atoms with Crippen molar-refractivity contribution in [1.82, 2.24) is 0 Å². The minimum absolute atomic E-state index is 0.0160. The van der Waals surface area contributed by atoms with Crippen molar-refractivity contribution < 1.29 is 18.9 Å². The fourth-order valence-electron chi connectivity index (χ4n) is 3.02. The van der Waals surface area contributed by atoms with Gasteiger partial charge in [0.2, 0.25) is 0 Å². The molecule has 0 aromatic carbocycles. The first kappa shape index (κ1) is 29.8. The number of ether oxygens (including phenoxy) is 4. The second-order valence-electron chi connectivity index (χ2n) is 10.6. The van der Waals surface area contributed by atoms with Crippen LogP contribution >= 0.6 is 0 Å². The molecule has 0 aromatic heterocycles. The monoisotopic (exact) mass is 430 g/mol. The maximum atomic E-state index is 5.72. The zero-order valence-electron chi connectivity index (χ0n) is 21.4. The summed E-state index contributed by atoms with van der Waals surface area (Å²) in [5.74, 6) is 0. The van der Waals surface area contributed by atoms with Gasteiger partial charge in [0, 0.05) is 46.2 Å². The van der Waals surface area contributed by atoms with E-state index in [9.17, 15) is 0 Å². The molecule has 0 bridgehead atoms. The van der Waals surface area contributed by atoms with Crippen LogP contribution in [0.3, 0.4) is 0 Å². The Kier molecular flexibility index (Phi) is 19.4. The van der Waals surface area contributed by atoms with Gasteiger partial charge in [0.25, 0.3) is 0 Å². The highest BCUT2D eigenvalue weighted by Gasteiger charge is 2.09. The van der Waals surface area contributed by atoms with Crippen LogP contribution < -0.4 is 0 Å². The van der Waals surface area contributed by atoms with E-state index in [0.29, 0.717) is 5.41 Å². The smallest absolute Gasteiger partial charge is 0.0598 e. The summed E-state index contributed by atoms with van der Waals surface area (Å²) in [4.78, 5) is 0. The molecule has 0 aliphatic rings. The topological polar surface area (TPSA) is 36.9 Å². The third kappa shape index (κ3) is 27.8. The lowest BCUT2D eigenvalue weighted by molar-refractivity contribution is -0.00538. The van der Waals surface area contributed by atoms with Crippen molar-refractivity contribution in [2.75, 3.05) is 46.2 Å². The quantitative estimate of drug-likeness (QED) is 0.181. The maximum Gasteiger partial charge on any atom is 0.0598 e. The Morgan fingerprint density at radius 2 is 0.733 bits per heavy atom. The zero-order valence-corrected chi connectivity index (χ0v) is 21.4. The number of hydrogen-bond acceptors (Lipinski definition) is 4. The summed E-state index contributed by atoms with van der Waals surface area (Å²) in [6.07, 6.45) is 12.9. The van der Waals surface area contributed by atoms with Crippen molar-refractivity contribution in [3.63, 3.8) is 0 Å². The van der Waals surface area contributed by atoms with Crippen LogP contribution in [-0.2, 0) is 18.9 Å². The van der Waals surface area contributed by atoms with Gasteiger partial charge in [-0.25, -0.2) is 0 Å². The lowest BCUT2D eigenvalue weighted by atomic mass is 9.89. The van der Waals surface area contributed by atoms with Gasteiger partial charge in [-0.2, -0.15) is 0 Å². The standard InChI is InChI=1S/C26H54O4/c1-25(2,3)17-9-7-10-18-27-20-13-15-22-29-23-16-14-21-28-19-11-8-12-24-30-26(4,5)6/h7-24H2,1-6H3. The average molecular weight is 431 g/mol. The molecule has 0 heterocycles. The second kappa shape index (κ2) is 19.5. The molecule has 0 rings (SSSR count). The Bertz CT molecular complexity index is 310. The first-order valence-corrected chi connectivity index (χ1v) is 12.6. The molecule has 0 spiro atoms. The van der Waals surface area contributed by atoms with Crippen molar-refractivity contribution in [2.24, 2.45) is 5.41 Å². The van der Waals surface area contributed by atoms with Gasteiger partial charge in [-0.05, 0) is 84.0 Å². The highest BCUT2D eigenvalue weighted by atomic mass is 16.5. The van der Waals surface area contributed by atoms with E-state index in [1.807, 2.05) is 0 Å². The molecule has 0 aromatic rings. The van der Waals surface area contributed by atoms with E-state index in [0.717, 1.165) is 84.8 Å². The molecule has 0 saturated heterocycles. The molecule has 0 fully saturated rings. The predicted molar refractivity (Wildman–Crippen MR) is 128 cm³/mol. The fraction of sp³-hybridized carbons (Fsp3) is 1.00. The van der Waals surface area contributed by atoms with Crippen molar-refractivity contribution in [3.05, 3.63) is 0 Å². The van der Waals surface area contributed by atoms with Gasteiger partial charge >= 0.3 is 0 Å². The van der Waals surface area contributed by atoms with Crippen molar-refractivity contribution in [3.8, 4) is 0 Å². The molecular weight excluding hydrogens is 376 g/mol. The van der Waals surface area contributed by atoms with E-state index < -0.39 is 0 Å². The van der Waals surface area contributed by atoms with Gasteiger partial charge in [0.1, 0.15) is 0 Å². The number of unbranched alkanes of at least 4 members (excludes halogenated alkanes) is 6. The van der Waals surface area contributed by atoms with Crippen molar-refractivity contribution >= 4 is 0 Å². The molecule has 30 heavy (non-hydrogen) atoms. The van der Waals surface area contributed by atoms with E-state index in [1.165, 1.54) is 32.1 Å². The van der Waals surface area contributed by atoms with Crippen molar-refractivity contribution in [2.45, 2.75) is 118 Å². The SMILES string of the molecule is CC(C)(C)CCCCCOCCCCOCCCCOCCCCCOC(C)(C)C. The molecule has 0 saturated carbocycles. The first-order chi connectivity index (χ1) is 14.2. The van der Waals surface area contributed by atoms with Crippen LogP contribution in [0, 0.1) is 5.41 Å². The average Bonchev–Trinajstić information content (AvgIpc) is 2.64. The fourth-order valence-corrected chi connectivity index (χ4v) is 3.02. The van der Waals surface area contributed by atoms with Gasteiger partial charge in [0.05, 0.1) is 5.60 Å². The molecular formula is C26H54O4. The van der Waals surface area contributed by atoms with Crippen LogP contribution in [0.25, 0.3) is 0 Å². The van der Waals surface area contributed by atoms with Gasteiger partial charge in [-0.1, -0.05) is 33.6 Å². The largest absolute Gasteiger partial charge is 0.381 e. The number of hydrogen-bond donors (Lipinski definition) is 0. The third-order valence-electron chi connectivity index (χ3n) is 4.84. The molecule has 182 valence electrons. The molecule has 4 nitrogen and oxygen atoms in total. The van der Waals surface area contributed by atoms with Crippen LogP contribution in [0.15, 0.2) is 0 Å². The Morgan fingerprint density at radius 1 is 0.400 bits per heavy atom. The van der Waals surface area contributed by atoms with Gasteiger partial charge in [-0.15, -0.1) is 0 Å². The highest BCUT2D eigenvalue weighted by molar-refractivity contribution is 4.61. The van der Waals surface area contributed by atoms with E-state index >= 15 is 0 Å². The van der Waals surface area contributed by atoms with Gasteiger partial charge in [-0.3, -0.25) is 0 Å². The first-order valence-electron chi connectivity index (χ1n) is 12.6. The normalized spacial score (nSPS) is 12.6. The Labute approximate surface area is 188 Å². The molecule has 0 unspecified atom stereocenters. The summed E-state index contributed by atoms with van der Waals surface area (Å²) in [5, 5.41) is 0. The minimum atomic E-state index is -0.0160. The minimum Gasteiger partial charge on any atom is -0.381 e. The van der Waals surface area contributed by atoms with E-state index in [2.05, 4.69) is 41.5 Å². The van der Waals surface area contributed by atoms with Crippen LogP contribution in [0.5, 0.6) is 0 Å². The summed E-state index contributed by atoms with van der Waals surface area (Å²) in [5.41, 5.74) is 0.452. The predicted octanol–water partition coefficient (Wildman–Crippen LogP) is 7.19. The summed E-state index contributed by atoms with van der Waals surface area (Å²) >= 11 is 0. The van der Waals surface area contributed by atoms with E-state index in [1.54, 1.807) is 0 Å². The molecule has 0 amide bonds. The number of rotatable bonds is 21. The van der Waals surface area contributed by atoms with Crippen LogP contribution in [0.4, 0.5) is 0 Å². The van der Waals surface area contributed by atoms with E-state index in [-0.39, 0.29) is 5.60 Å². The van der Waals surface area contributed by atoms with Gasteiger partial charge in [0.15, 0.2) is 0 Å². The van der Waals surface area contributed by atoms with Crippen LogP contribution in [0.1, 0.15) is 112 Å². The third-order valence-corrected chi connectivity index (χ3v) is 4.84. The van der Waals surface area contributed by atoms with Crippen molar-refractivity contribution in [1.29, 1.82) is 0 Å². The van der Waals surface area contributed by atoms with Crippen LogP contribution in [0.2, 0.25) is 0 Å². The zero-order chi connectivity index (χ0) is 22.6. The molecule has 0 aliphatic carbocycles. The summed E-state index contributed by atoms with van der Waals surface area (Å²) < 4.78 is 22.8. The highest BCUT2D eigenvalue weighted by Crippen LogP contribution is 2.21. The second-order valence-corrected chi connectivity index (χ2v) is 10.6. The lowest BCUT2D eigenvalue weighted by Gasteiger charge is -2.19. The lowest BCUT2D eigenvalue weighted by Crippen LogP contribution is -2.19. The Balaban J connectivity index is 3.07. The summed E-state index contributed by atoms with van der Waals surface area (Å²) in [6, 6.07) is 0. The Morgan fingerprint density at radius 3 is 1.10 bits per heavy atom. The van der Waals surface area contributed by atoms with Gasteiger partial charge < -0.3 is 18.9 Å². The van der Waals surface area contributed by atoms with E-state index in [4.69, 9.17) is 18.9 Å². The molecule has 0 aliphatic heterocycles. The summed E-state index contributed by atoms with van der Waals surface area (Å²) in [7, 11) is 0. The maximum absolute atomic E-state index is 5.72. The Hall–Kier alpha value is -0.160. The molecule has 0 radical (unpaired) electrons. The molecule has 4 heteroatoms. The summed E-state index contributed by atoms with van der Waals surface area (Å²) in [6.45, 7) is 19.3. The molecule has 0 N–H and O–H groups in total.